The number of ether oxygens (including phenoxy) is 3. The molecule has 0 aromatic heterocycles. The molecule has 1 fully saturated rings. The predicted molar refractivity (Wildman–Crippen MR) is 63.4 cm³/mol. The van der Waals surface area contributed by atoms with Crippen LogP contribution in [0.4, 0.5) is 0 Å². The molecule has 1 aliphatic carbocycles. The molecule has 0 radical (unpaired) electrons. The molecule has 2 rings (SSSR count). The highest BCUT2D eigenvalue weighted by Crippen LogP contribution is 2.50. The SMILES string of the molecule is COCc1c(OC)ccc(C2(O)CC2)c1OC. The van der Waals surface area contributed by atoms with E-state index in [1.165, 1.54) is 0 Å². The minimum absolute atomic E-state index is 0.399. The second kappa shape index (κ2) is 4.55. The van der Waals surface area contributed by atoms with Gasteiger partial charge in [0.25, 0.3) is 0 Å². The van der Waals surface area contributed by atoms with Crippen LogP contribution < -0.4 is 9.47 Å². The first kappa shape index (κ1) is 12.2. The lowest BCUT2D eigenvalue weighted by atomic mass is 10.0. The van der Waals surface area contributed by atoms with Crippen LogP contribution >= 0.6 is 0 Å². The van der Waals surface area contributed by atoms with Crippen molar-refractivity contribution in [2.24, 2.45) is 0 Å². The van der Waals surface area contributed by atoms with Crippen molar-refractivity contribution in [1.82, 2.24) is 0 Å². The predicted octanol–water partition coefficient (Wildman–Crippen LogP) is 1.83. The maximum atomic E-state index is 10.2. The van der Waals surface area contributed by atoms with E-state index >= 15 is 0 Å². The molecular formula is C13H18O4. The Bertz CT molecular complexity index is 410. The highest BCUT2D eigenvalue weighted by Gasteiger charge is 2.45. The number of hydrogen-bond donors (Lipinski definition) is 1. The number of rotatable bonds is 5. The van der Waals surface area contributed by atoms with Crippen LogP contribution in [0.1, 0.15) is 24.0 Å². The van der Waals surface area contributed by atoms with Crippen molar-refractivity contribution >= 4 is 0 Å². The van der Waals surface area contributed by atoms with E-state index in [4.69, 9.17) is 14.2 Å². The van der Waals surface area contributed by atoms with Gasteiger partial charge in [-0.25, -0.2) is 0 Å². The third kappa shape index (κ3) is 2.10. The quantitative estimate of drug-likeness (QED) is 0.850. The Labute approximate surface area is 101 Å². The van der Waals surface area contributed by atoms with Gasteiger partial charge in [0.1, 0.15) is 11.5 Å². The summed E-state index contributed by atoms with van der Waals surface area (Å²) in [6.07, 6.45) is 1.56. The van der Waals surface area contributed by atoms with Crippen LogP contribution in [0.2, 0.25) is 0 Å². The van der Waals surface area contributed by atoms with E-state index < -0.39 is 5.60 Å². The second-order valence-electron chi connectivity index (χ2n) is 4.29. The molecule has 1 aromatic carbocycles. The van der Waals surface area contributed by atoms with Gasteiger partial charge in [0, 0.05) is 12.7 Å². The Morgan fingerprint density at radius 2 is 1.88 bits per heavy atom. The molecule has 4 heteroatoms. The third-order valence-electron chi connectivity index (χ3n) is 3.16. The van der Waals surface area contributed by atoms with E-state index in [9.17, 15) is 5.11 Å². The summed E-state index contributed by atoms with van der Waals surface area (Å²) in [4.78, 5) is 0. The van der Waals surface area contributed by atoms with Gasteiger partial charge < -0.3 is 19.3 Å². The Kier molecular flexibility index (Phi) is 3.26. The standard InChI is InChI=1S/C13H18O4/c1-15-8-9-11(16-2)5-4-10(12(9)17-3)13(14)6-7-13/h4-5,14H,6-8H2,1-3H3. The molecule has 0 aliphatic heterocycles. The lowest BCUT2D eigenvalue weighted by molar-refractivity contribution is 0.144. The number of aliphatic hydroxyl groups is 1. The molecule has 1 aromatic rings. The average Bonchev–Trinajstić information content (AvgIpc) is 3.08. The van der Waals surface area contributed by atoms with Gasteiger partial charge in [0.2, 0.25) is 0 Å². The Hall–Kier alpha value is -1.26. The van der Waals surface area contributed by atoms with Gasteiger partial charge in [-0.05, 0) is 25.0 Å². The van der Waals surface area contributed by atoms with Gasteiger partial charge in [0.05, 0.1) is 32.0 Å². The monoisotopic (exact) mass is 238 g/mol. The topological polar surface area (TPSA) is 47.9 Å². The second-order valence-corrected chi connectivity index (χ2v) is 4.29. The zero-order valence-electron chi connectivity index (χ0n) is 10.4. The minimum atomic E-state index is -0.722. The van der Waals surface area contributed by atoms with Crippen molar-refractivity contribution in [3.8, 4) is 11.5 Å². The zero-order chi connectivity index (χ0) is 12.5. The Morgan fingerprint density at radius 3 is 2.35 bits per heavy atom. The molecular weight excluding hydrogens is 220 g/mol. The molecule has 0 heterocycles. The summed E-state index contributed by atoms with van der Waals surface area (Å²) in [5.74, 6) is 1.39. The Balaban J connectivity index is 2.51. The highest BCUT2D eigenvalue weighted by atomic mass is 16.5. The Morgan fingerprint density at radius 1 is 1.18 bits per heavy atom. The molecule has 0 bridgehead atoms. The van der Waals surface area contributed by atoms with E-state index in [0.29, 0.717) is 12.4 Å². The van der Waals surface area contributed by atoms with Crippen LogP contribution in [0.15, 0.2) is 12.1 Å². The van der Waals surface area contributed by atoms with E-state index in [1.54, 1.807) is 21.3 Å². The number of benzene rings is 1. The van der Waals surface area contributed by atoms with Crippen molar-refractivity contribution in [3.63, 3.8) is 0 Å². The fourth-order valence-corrected chi connectivity index (χ4v) is 2.07. The summed E-state index contributed by atoms with van der Waals surface area (Å²) in [7, 11) is 4.83. The van der Waals surface area contributed by atoms with Gasteiger partial charge in [-0.3, -0.25) is 0 Å². The highest BCUT2D eigenvalue weighted by molar-refractivity contribution is 5.53. The largest absolute Gasteiger partial charge is 0.496 e. The number of hydrogen-bond acceptors (Lipinski definition) is 4. The van der Waals surface area contributed by atoms with Gasteiger partial charge in [-0.15, -0.1) is 0 Å². The fraction of sp³-hybridized carbons (Fsp3) is 0.538. The molecule has 0 amide bonds. The normalized spacial score (nSPS) is 16.7. The maximum absolute atomic E-state index is 10.2. The van der Waals surface area contributed by atoms with Crippen LogP contribution in [0, 0.1) is 0 Å². The summed E-state index contributed by atoms with van der Waals surface area (Å²) in [6, 6.07) is 3.71. The molecule has 0 atom stereocenters. The molecule has 17 heavy (non-hydrogen) atoms. The van der Waals surface area contributed by atoms with Crippen LogP contribution in [-0.2, 0) is 16.9 Å². The summed E-state index contributed by atoms with van der Waals surface area (Å²) in [6.45, 7) is 0.399. The molecule has 1 N–H and O–H groups in total. The zero-order valence-corrected chi connectivity index (χ0v) is 10.4. The van der Waals surface area contributed by atoms with Crippen molar-refractivity contribution in [2.45, 2.75) is 25.0 Å². The van der Waals surface area contributed by atoms with Gasteiger partial charge >= 0.3 is 0 Å². The first-order valence-corrected chi connectivity index (χ1v) is 5.62. The van der Waals surface area contributed by atoms with E-state index in [1.807, 2.05) is 12.1 Å². The minimum Gasteiger partial charge on any atom is -0.496 e. The van der Waals surface area contributed by atoms with Crippen molar-refractivity contribution in [3.05, 3.63) is 23.3 Å². The van der Waals surface area contributed by atoms with E-state index in [0.717, 1.165) is 29.7 Å². The van der Waals surface area contributed by atoms with Crippen molar-refractivity contribution in [1.29, 1.82) is 0 Å². The van der Waals surface area contributed by atoms with Gasteiger partial charge in [-0.1, -0.05) is 0 Å². The third-order valence-corrected chi connectivity index (χ3v) is 3.16. The first-order valence-electron chi connectivity index (χ1n) is 5.62. The molecule has 0 unspecified atom stereocenters. The lowest BCUT2D eigenvalue weighted by Crippen LogP contribution is -2.10. The smallest absolute Gasteiger partial charge is 0.134 e. The van der Waals surface area contributed by atoms with Crippen LogP contribution in [0.25, 0.3) is 0 Å². The fourth-order valence-electron chi connectivity index (χ4n) is 2.07. The van der Waals surface area contributed by atoms with Crippen LogP contribution in [0.3, 0.4) is 0 Å². The van der Waals surface area contributed by atoms with E-state index in [2.05, 4.69) is 0 Å². The van der Waals surface area contributed by atoms with Crippen molar-refractivity contribution in [2.75, 3.05) is 21.3 Å². The van der Waals surface area contributed by atoms with Gasteiger partial charge in [-0.2, -0.15) is 0 Å². The molecule has 0 saturated heterocycles. The average molecular weight is 238 g/mol. The maximum Gasteiger partial charge on any atom is 0.134 e. The number of methoxy groups -OCH3 is 3. The molecule has 4 nitrogen and oxygen atoms in total. The van der Waals surface area contributed by atoms with Crippen molar-refractivity contribution < 1.29 is 19.3 Å². The molecule has 1 aliphatic rings. The lowest BCUT2D eigenvalue weighted by Gasteiger charge is -2.19. The molecule has 94 valence electrons. The molecule has 0 spiro atoms. The molecule has 1 saturated carbocycles. The summed E-state index contributed by atoms with van der Waals surface area (Å²) in [5.41, 5.74) is 0.947. The summed E-state index contributed by atoms with van der Waals surface area (Å²) >= 11 is 0. The first-order chi connectivity index (χ1) is 8.16. The van der Waals surface area contributed by atoms with Crippen LogP contribution in [-0.4, -0.2) is 26.4 Å². The summed E-state index contributed by atoms with van der Waals surface area (Å²) < 4.78 is 15.9. The van der Waals surface area contributed by atoms with Gasteiger partial charge in [0.15, 0.2) is 0 Å². The van der Waals surface area contributed by atoms with Crippen LogP contribution in [0.5, 0.6) is 11.5 Å². The van der Waals surface area contributed by atoms with E-state index in [-0.39, 0.29) is 0 Å². The summed E-state index contributed by atoms with van der Waals surface area (Å²) in [5, 5.41) is 10.2.